The fourth-order valence-corrected chi connectivity index (χ4v) is 1.88. The molecular weight excluding hydrogens is 330 g/mol. The highest BCUT2D eigenvalue weighted by atomic mass is 16.6. The summed E-state index contributed by atoms with van der Waals surface area (Å²) in [6.45, 7) is 8.51. The van der Waals surface area contributed by atoms with Crippen molar-refractivity contribution in [3.8, 4) is 0 Å². The summed E-state index contributed by atoms with van der Waals surface area (Å²) >= 11 is 0. The smallest absolute Gasteiger partial charge is 0.411 e. The van der Waals surface area contributed by atoms with Crippen LogP contribution in [-0.4, -0.2) is 53.3 Å². The maximum Gasteiger partial charge on any atom is 0.411 e. The van der Waals surface area contributed by atoms with E-state index >= 15 is 0 Å². The van der Waals surface area contributed by atoms with Gasteiger partial charge >= 0.3 is 12.1 Å². The second-order valence-corrected chi connectivity index (χ2v) is 6.39. The van der Waals surface area contributed by atoms with Crippen molar-refractivity contribution < 1.29 is 28.4 Å². The lowest BCUT2D eigenvalue weighted by Crippen LogP contribution is -2.53. The third-order valence-corrected chi connectivity index (χ3v) is 2.95. The Morgan fingerprint density at radius 2 is 2.00 bits per heavy atom. The Kier molecular flexibility index (Phi) is 6.96. The van der Waals surface area contributed by atoms with E-state index in [2.05, 4.69) is 10.5 Å². The standard InChI is InChI=1S/C16H25N3O6/c1-7-23-14(21)12(19(6)15(22)24-16(3,4)5)13(20)17-9-11-8-10(2)25-18-11/h8,12H,7,9H2,1-6H3,(H,17,20). The number of ether oxygens (including phenoxy) is 2. The highest BCUT2D eigenvalue weighted by molar-refractivity contribution is 6.04. The van der Waals surface area contributed by atoms with E-state index in [-0.39, 0.29) is 13.2 Å². The van der Waals surface area contributed by atoms with Crippen molar-refractivity contribution >= 4 is 18.0 Å². The predicted molar refractivity (Wildman–Crippen MR) is 87.5 cm³/mol. The highest BCUT2D eigenvalue weighted by Gasteiger charge is 2.37. The first-order chi connectivity index (χ1) is 11.5. The minimum absolute atomic E-state index is 0.0498. The van der Waals surface area contributed by atoms with Crippen molar-refractivity contribution in [3.05, 3.63) is 17.5 Å². The monoisotopic (exact) mass is 355 g/mol. The maximum absolute atomic E-state index is 12.4. The van der Waals surface area contributed by atoms with E-state index in [0.717, 1.165) is 4.90 Å². The number of aryl methyl sites for hydroxylation is 1. The van der Waals surface area contributed by atoms with Gasteiger partial charge in [-0.2, -0.15) is 0 Å². The van der Waals surface area contributed by atoms with Gasteiger partial charge in [0.05, 0.1) is 13.2 Å². The minimum Gasteiger partial charge on any atom is -0.464 e. The van der Waals surface area contributed by atoms with Gasteiger partial charge in [0, 0.05) is 13.1 Å². The van der Waals surface area contributed by atoms with Crippen molar-refractivity contribution in [2.45, 2.75) is 52.8 Å². The van der Waals surface area contributed by atoms with Crippen LogP contribution in [0.3, 0.4) is 0 Å². The molecule has 9 nitrogen and oxygen atoms in total. The number of hydrogen-bond donors (Lipinski definition) is 1. The number of carbonyl (C=O) groups is 3. The van der Waals surface area contributed by atoms with Crippen LogP contribution in [0.5, 0.6) is 0 Å². The van der Waals surface area contributed by atoms with Gasteiger partial charge in [-0.15, -0.1) is 0 Å². The average Bonchev–Trinajstić information content (AvgIpc) is 2.89. The van der Waals surface area contributed by atoms with Crippen LogP contribution in [0.4, 0.5) is 4.79 Å². The lowest BCUT2D eigenvalue weighted by molar-refractivity contribution is -0.153. The van der Waals surface area contributed by atoms with Gasteiger partial charge in [0.2, 0.25) is 6.04 Å². The number of rotatable bonds is 6. The van der Waals surface area contributed by atoms with E-state index in [1.54, 1.807) is 40.7 Å². The van der Waals surface area contributed by atoms with Gasteiger partial charge in [-0.05, 0) is 34.6 Å². The molecule has 1 rings (SSSR count). The number of aromatic nitrogens is 1. The Labute approximate surface area is 146 Å². The molecule has 1 N–H and O–H groups in total. The molecule has 1 unspecified atom stereocenters. The zero-order valence-corrected chi connectivity index (χ0v) is 15.4. The van der Waals surface area contributed by atoms with Crippen molar-refractivity contribution in [1.82, 2.24) is 15.4 Å². The molecule has 2 amide bonds. The predicted octanol–water partition coefficient (Wildman–Crippen LogP) is 1.40. The molecule has 0 bridgehead atoms. The summed E-state index contributed by atoms with van der Waals surface area (Å²) < 4.78 is 15.0. The average molecular weight is 355 g/mol. The largest absolute Gasteiger partial charge is 0.464 e. The molecule has 0 aliphatic rings. The quantitative estimate of drug-likeness (QED) is 0.606. The molecule has 1 aromatic heterocycles. The zero-order chi connectivity index (χ0) is 19.2. The van der Waals surface area contributed by atoms with E-state index in [1.807, 2.05) is 0 Å². The van der Waals surface area contributed by atoms with Gasteiger partial charge in [0.15, 0.2) is 0 Å². The minimum atomic E-state index is -1.47. The third kappa shape index (κ3) is 6.44. The number of esters is 1. The Balaban J connectivity index is 2.85. The molecule has 0 spiro atoms. The number of nitrogens with zero attached hydrogens (tertiary/aromatic N) is 2. The van der Waals surface area contributed by atoms with Gasteiger partial charge in [0.1, 0.15) is 17.1 Å². The normalized spacial score (nSPS) is 12.2. The zero-order valence-electron chi connectivity index (χ0n) is 15.4. The summed E-state index contributed by atoms with van der Waals surface area (Å²) in [5.74, 6) is -0.950. The summed E-state index contributed by atoms with van der Waals surface area (Å²) in [7, 11) is 1.30. The van der Waals surface area contributed by atoms with E-state index in [1.165, 1.54) is 7.05 Å². The molecule has 0 aliphatic heterocycles. The molecule has 1 atom stereocenters. The fraction of sp³-hybridized carbons (Fsp3) is 0.625. The highest BCUT2D eigenvalue weighted by Crippen LogP contribution is 2.12. The summed E-state index contributed by atoms with van der Waals surface area (Å²) in [5, 5.41) is 6.28. The van der Waals surface area contributed by atoms with E-state index in [9.17, 15) is 14.4 Å². The maximum atomic E-state index is 12.4. The molecule has 0 radical (unpaired) electrons. The van der Waals surface area contributed by atoms with Gasteiger partial charge in [-0.3, -0.25) is 9.69 Å². The third-order valence-electron chi connectivity index (χ3n) is 2.95. The second kappa shape index (κ2) is 8.50. The molecule has 0 aromatic carbocycles. The molecule has 0 fully saturated rings. The van der Waals surface area contributed by atoms with Crippen LogP contribution in [0.2, 0.25) is 0 Å². The molecule has 1 heterocycles. The first-order valence-corrected chi connectivity index (χ1v) is 7.87. The summed E-state index contributed by atoms with van der Waals surface area (Å²) in [4.78, 5) is 37.7. The number of carbonyl (C=O) groups excluding carboxylic acids is 3. The molecule has 0 saturated heterocycles. The van der Waals surface area contributed by atoms with Crippen LogP contribution in [0.15, 0.2) is 10.6 Å². The molecule has 9 heteroatoms. The van der Waals surface area contributed by atoms with Gasteiger partial charge < -0.3 is 19.3 Å². The lowest BCUT2D eigenvalue weighted by Gasteiger charge is -2.28. The molecule has 1 aromatic rings. The second-order valence-electron chi connectivity index (χ2n) is 6.39. The summed E-state index contributed by atoms with van der Waals surface area (Å²) in [6.07, 6.45) is -0.807. The first kappa shape index (κ1) is 20.5. The number of likely N-dealkylation sites (N-methyl/N-ethyl adjacent to an activating group) is 1. The lowest BCUT2D eigenvalue weighted by atomic mass is 10.2. The Morgan fingerprint density at radius 1 is 1.36 bits per heavy atom. The Hall–Kier alpha value is -2.58. The summed E-state index contributed by atoms with van der Waals surface area (Å²) in [6, 6.07) is 0.180. The van der Waals surface area contributed by atoms with Crippen LogP contribution in [0, 0.1) is 6.92 Å². The van der Waals surface area contributed by atoms with Crippen molar-refractivity contribution in [2.24, 2.45) is 0 Å². The first-order valence-electron chi connectivity index (χ1n) is 7.87. The van der Waals surface area contributed by atoms with Crippen LogP contribution < -0.4 is 5.32 Å². The van der Waals surface area contributed by atoms with Gasteiger partial charge in [-0.25, -0.2) is 9.59 Å². The van der Waals surface area contributed by atoms with Crippen LogP contribution >= 0.6 is 0 Å². The fourth-order valence-electron chi connectivity index (χ4n) is 1.88. The van der Waals surface area contributed by atoms with Crippen LogP contribution in [-0.2, 0) is 25.6 Å². The van der Waals surface area contributed by atoms with E-state index in [4.69, 9.17) is 14.0 Å². The van der Waals surface area contributed by atoms with Crippen molar-refractivity contribution in [1.29, 1.82) is 0 Å². The van der Waals surface area contributed by atoms with Crippen LogP contribution in [0.25, 0.3) is 0 Å². The number of nitrogens with one attached hydrogen (secondary N) is 1. The molecule has 0 aliphatic carbocycles. The van der Waals surface area contributed by atoms with Crippen molar-refractivity contribution in [3.63, 3.8) is 0 Å². The summed E-state index contributed by atoms with van der Waals surface area (Å²) in [5.41, 5.74) is -0.271. The molecular formula is C16H25N3O6. The van der Waals surface area contributed by atoms with Gasteiger partial charge in [0.25, 0.3) is 5.91 Å². The van der Waals surface area contributed by atoms with Crippen LogP contribution in [0.1, 0.15) is 39.1 Å². The topological polar surface area (TPSA) is 111 Å². The molecule has 0 saturated carbocycles. The molecule has 25 heavy (non-hydrogen) atoms. The van der Waals surface area contributed by atoms with E-state index in [0.29, 0.717) is 11.5 Å². The Bertz CT molecular complexity index is 620. The SMILES string of the molecule is CCOC(=O)C(C(=O)NCc1cc(C)on1)N(C)C(=O)OC(C)(C)C. The van der Waals surface area contributed by atoms with E-state index < -0.39 is 29.6 Å². The molecule has 140 valence electrons. The number of hydrogen-bond acceptors (Lipinski definition) is 7. The van der Waals surface area contributed by atoms with Crippen molar-refractivity contribution in [2.75, 3.05) is 13.7 Å². The van der Waals surface area contributed by atoms with Gasteiger partial charge in [-0.1, -0.05) is 5.16 Å². The Morgan fingerprint density at radius 3 is 2.48 bits per heavy atom. The number of amides is 2.